The third-order valence-corrected chi connectivity index (χ3v) is 5.71. The summed E-state index contributed by atoms with van der Waals surface area (Å²) in [6.07, 6.45) is 6.46. The van der Waals surface area contributed by atoms with E-state index < -0.39 is 0 Å². The van der Waals surface area contributed by atoms with Crippen LogP contribution in [0, 0.1) is 6.92 Å². The number of methoxy groups -OCH3 is 1. The van der Waals surface area contributed by atoms with Gasteiger partial charge in [0.1, 0.15) is 5.75 Å². The van der Waals surface area contributed by atoms with Crippen LogP contribution in [-0.4, -0.2) is 29.2 Å². The van der Waals surface area contributed by atoms with Gasteiger partial charge in [0.25, 0.3) is 0 Å². The summed E-state index contributed by atoms with van der Waals surface area (Å²) < 4.78 is 12.5. The van der Waals surface area contributed by atoms with Gasteiger partial charge in [-0.2, -0.15) is 0 Å². The van der Waals surface area contributed by atoms with Gasteiger partial charge >= 0.3 is 5.97 Å². The van der Waals surface area contributed by atoms with Crippen molar-refractivity contribution in [1.29, 1.82) is 0 Å². The van der Waals surface area contributed by atoms with Crippen LogP contribution in [0.2, 0.25) is 0 Å². The summed E-state index contributed by atoms with van der Waals surface area (Å²) >= 11 is 0. The Balaban J connectivity index is 1.66. The van der Waals surface area contributed by atoms with Crippen molar-refractivity contribution in [2.45, 2.75) is 26.7 Å². The van der Waals surface area contributed by atoms with Crippen LogP contribution in [0.3, 0.4) is 0 Å². The molecule has 168 valence electrons. The van der Waals surface area contributed by atoms with Crippen molar-refractivity contribution < 1.29 is 14.3 Å². The second kappa shape index (κ2) is 10.2. The summed E-state index contributed by atoms with van der Waals surface area (Å²) in [6, 6.07) is 21.0. The summed E-state index contributed by atoms with van der Waals surface area (Å²) in [7, 11) is 1.65. The molecule has 5 nitrogen and oxygen atoms in total. The number of aryl methyl sites for hydroxylation is 2. The third kappa shape index (κ3) is 5.14. The summed E-state index contributed by atoms with van der Waals surface area (Å²) in [4.78, 5) is 16.1. The van der Waals surface area contributed by atoms with Crippen LogP contribution in [0.4, 0.5) is 0 Å². The van der Waals surface area contributed by atoms with Crippen LogP contribution in [-0.2, 0) is 16.0 Å². The van der Waals surface area contributed by atoms with Gasteiger partial charge in [0.2, 0.25) is 0 Å². The lowest BCUT2D eigenvalue weighted by Crippen LogP contribution is -2.06. The van der Waals surface area contributed by atoms with Crippen LogP contribution in [0.5, 0.6) is 5.75 Å². The van der Waals surface area contributed by atoms with Crippen LogP contribution >= 0.6 is 0 Å². The highest BCUT2D eigenvalue weighted by atomic mass is 16.5. The number of ether oxygens (including phenoxy) is 2. The van der Waals surface area contributed by atoms with E-state index in [2.05, 4.69) is 60.4 Å². The van der Waals surface area contributed by atoms with E-state index in [0.29, 0.717) is 19.4 Å². The molecular formula is C28H28N2O3. The maximum Gasteiger partial charge on any atom is 0.306 e. The molecule has 1 heterocycles. The van der Waals surface area contributed by atoms with Crippen LogP contribution in [0.25, 0.3) is 27.9 Å². The number of benzene rings is 3. The van der Waals surface area contributed by atoms with E-state index >= 15 is 0 Å². The largest absolute Gasteiger partial charge is 0.497 e. The van der Waals surface area contributed by atoms with Crippen molar-refractivity contribution in [3.63, 3.8) is 0 Å². The molecule has 0 bridgehead atoms. The van der Waals surface area contributed by atoms with Crippen molar-refractivity contribution in [2.75, 3.05) is 13.7 Å². The first-order valence-electron chi connectivity index (χ1n) is 11.1. The minimum atomic E-state index is -0.185. The molecule has 0 aliphatic rings. The first kappa shape index (κ1) is 22.3. The molecule has 3 aromatic carbocycles. The van der Waals surface area contributed by atoms with Crippen molar-refractivity contribution in [1.82, 2.24) is 9.55 Å². The lowest BCUT2D eigenvalue weighted by molar-refractivity contribution is -0.143. The number of carbonyl (C=O) groups excluding carboxylic acids is 1. The number of nitrogens with zero attached hydrogens (tertiary/aromatic N) is 2. The molecule has 0 fully saturated rings. The normalized spacial score (nSPS) is 10.8. The number of imidazole rings is 1. The van der Waals surface area contributed by atoms with Gasteiger partial charge in [0.15, 0.2) is 0 Å². The van der Waals surface area contributed by atoms with E-state index in [0.717, 1.165) is 33.7 Å². The topological polar surface area (TPSA) is 53.4 Å². The van der Waals surface area contributed by atoms with Gasteiger partial charge in [-0.3, -0.25) is 4.79 Å². The zero-order valence-corrected chi connectivity index (χ0v) is 19.2. The fraction of sp³-hybridized carbons (Fsp3) is 0.214. The summed E-state index contributed by atoms with van der Waals surface area (Å²) in [5, 5.41) is 0. The standard InChI is InChI=1S/C28H28N2O3/c1-4-33-28(31)13-9-23-18-25(32-3)10-12-27(23)22-8-11-26(20(2)16-22)21-6-5-7-24(17-21)30-15-14-29-19-30/h5-8,10-12,14-19H,4,9,13H2,1-3H3. The molecule has 0 saturated heterocycles. The minimum Gasteiger partial charge on any atom is -0.497 e. The number of aromatic nitrogens is 2. The molecule has 5 heteroatoms. The molecule has 0 amide bonds. The molecule has 0 saturated carbocycles. The van der Waals surface area contributed by atoms with E-state index in [1.165, 1.54) is 11.1 Å². The molecule has 4 rings (SSSR count). The van der Waals surface area contributed by atoms with E-state index in [9.17, 15) is 4.79 Å². The maximum atomic E-state index is 11.9. The Kier molecular flexibility index (Phi) is 6.89. The second-order valence-corrected chi connectivity index (χ2v) is 7.88. The Morgan fingerprint density at radius 1 is 1.00 bits per heavy atom. The van der Waals surface area contributed by atoms with Gasteiger partial charge in [0.05, 0.1) is 20.0 Å². The van der Waals surface area contributed by atoms with Gasteiger partial charge in [-0.25, -0.2) is 4.98 Å². The van der Waals surface area contributed by atoms with Crippen molar-refractivity contribution >= 4 is 5.97 Å². The smallest absolute Gasteiger partial charge is 0.306 e. The molecule has 1 aromatic heterocycles. The summed E-state index contributed by atoms with van der Waals surface area (Å²) in [5.74, 6) is 0.595. The van der Waals surface area contributed by atoms with Gasteiger partial charge in [0, 0.05) is 24.5 Å². The molecule has 0 atom stereocenters. The fourth-order valence-electron chi connectivity index (χ4n) is 4.06. The SMILES string of the molecule is CCOC(=O)CCc1cc(OC)ccc1-c1ccc(-c2cccc(-n3ccnc3)c2)c(C)c1. The lowest BCUT2D eigenvalue weighted by atomic mass is 9.92. The van der Waals surface area contributed by atoms with Gasteiger partial charge in [-0.1, -0.05) is 36.4 Å². The monoisotopic (exact) mass is 440 g/mol. The lowest BCUT2D eigenvalue weighted by Gasteiger charge is -2.15. The molecule has 0 aliphatic carbocycles. The van der Waals surface area contributed by atoms with Gasteiger partial charge < -0.3 is 14.0 Å². The quantitative estimate of drug-likeness (QED) is 0.315. The number of esters is 1. The zero-order valence-electron chi connectivity index (χ0n) is 19.2. The molecule has 0 aliphatic heterocycles. The van der Waals surface area contributed by atoms with E-state index in [-0.39, 0.29) is 5.97 Å². The number of hydrogen-bond donors (Lipinski definition) is 0. The van der Waals surface area contributed by atoms with Crippen LogP contribution in [0.1, 0.15) is 24.5 Å². The first-order valence-corrected chi connectivity index (χ1v) is 11.1. The van der Waals surface area contributed by atoms with Crippen molar-refractivity contribution in [2.24, 2.45) is 0 Å². The Morgan fingerprint density at radius 2 is 1.82 bits per heavy atom. The average Bonchev–Trinajstić information content (AvgIpc) is 3.38. The summed E-state index contributed by atoms with van der Waals surface area (Å²) in [6.45, 7) is 4.35. The highest BCUT2D eigenvalue weighted by Crippen LogP contribution is 2.33. The molecule has 0 unspecified atom stereocenters. The predicted octanol–water partition coefficient (Wildman–Crippen LogP) is 6.02. The zero-order chi connectivity index (χ0) is 23.2. The fourth-order valence-corrected chi connectivity index (χ4v) is 4.06. The van der Waals surface area contributed by atoms with E-state index in [1.54, 1.807) is 19.6 Å². The molecule has 0 spiro atoms. The third-order valence-electron chi connectivity index (χ3n) is 5.71. The molecule has 4 aromatic rings. The predicted molar refractivity (Wildman–Crippen MR) is 131 cm³/mol. The van der Waals surface area contributed by atoms with Crippen LogP contribution < -0.4 is 4.74 Å². The number of rotatable bonds is 8. The Labute approximate surface area is 194 Å². The molecule has 0 radical (unpaired) electrons. The Hall–Kier alpha value is -3.86. The molecule has 33 heavy (non-hydrogen) atoms. The van der Waals surface area contributed by atoms with Gasteiger partial charge in [-0.05, 0) is 77.9 Å². The van der Waals surface area contributed by atoms with E-state index in [4.69, 9.17) is 9.47 Å². The molecular weight excluding hydrogens is 412 g/mol. The average molecular weight is 441 g/mol. The van der Waals surface area contributed by atoms with Crippen molar-refractivity contribution in [3.05, 3.63) is 90.5 Å². The molecule has 0 N–H and O–H groups in total. The van der Waals surface area contributed by atoms with E-state index in [1.807, 2.05) is 29.8 Å². The highest BCUT2D eigenvalue weighted by Gasteiger charge is 2.12. The summed E-state index contributed by atoms with van der Waals surface area (Å²) in [5.41, 5.74) is 7.87. The first-order chi connectivity index (χ1) is 16.1. The minimum absolute atomic E-state index is 0.185. The van der Waals surface area contributed by atoms with Crippen LogP contribution in [0.15, 0.2) is 79.4 Å². The Bertz CT molecular complexity index is 1250. The maximum absolute atomic E-state index is 11.9. The second-order valence-electron chi connectivity index (χ2n) is 7.88. The van der Waals surface area contributed by atoms with Gasteiger partial charge in [-0.15, -0.1) is 0 Å². The highest BCUT2D eigenvalue weighted by molar-refractivity contribution is 5.77. The number of hydrogen-bond acceptors (Lipinski definition) is 4. The number of carbonyl (C=O) groups is 1. The van der Waals surface area contributed by atoms with Crippen molar-refractivity contribution in [3.8, 4) is 33.7 Å². The Morgan fingerprint density at radius 3 is 2.55 bits per heavy atom.